The number of hydrogen-bond acceptors (Lipinski definition) is 3. The molecule has 1 aromatic carbocycles. The SMILES string of the molecule is CC(O)CC1CCCN1C(=O)Cc1cccc(OCC(F)(F)F)c1. The van der Waals surface area contributed by atoms with Gasteiger partial charge >= 0.3 is 6.18 Å². The molecule has 7 heteroatoms. The van der Waals surface area contributed by atoms with E-state index in [9.17, 15) is 23.1 Å². The molecule has 1 aliphatic rings. The predicted octanol–water partition coefficient (Wildman–Crippen LogP) is 2.93. The normalized spacial score (nSPS) is 19.4. The number of ether oxygens (including phenoxy) is 1. The van der Waals surface area contributed by atoms with Gasteiger partial charge in [-0.3, -0.25) is 4.79 Å². The molecule has 0 bridgehead atoms. The van der Waals surface area contributed by atoms with Crippen LogP contribution in [0.3, 0.4) is 0 Å². The molecule has 1 aliphatic heterocycles. The first-order chi connectivity index (χ1) is 11.2. The Bertz CT molecular complexity index is 560. The lowest BCUT2D eigenvalue weighted by atomic mass is 10.1. The molecule has 1 heterocycles. The molecule has 1 amide bonds. The molecule has 24 heavy (non-hydrogen) atoms. The van der Waals surface area contributed by atoms with Crippen molar-refractivity contribution in [3.63, 3.8) is 0 Å². The number of amides is 1. The molecule has 0 aromatic heterocycles. The minimum atomic E-state index is -4.39. The van der Waals surface area contributed by atoms with Crippen LogP contribution < -0.4 is 4.74 Å². The van der Waals surface area contributed by atoms with Crippen molar-refractivity contribution in [2.24, 2.45) is 0 Å². The van der Waals surface area contributed by atoms with Gasteiger partial charge in [0.05, 0.1) is 12.5 Å². The summed E-state index contributed by atoms with van der Waals surface area (Å²) in [6.45, 7) is 0.996. The predicted molar refractivity (Wildman–Crippen MR) is 82.7 cm³/mol. The lowest BCUT2D eigenvalue weighted by Gasteiger charge is -2.26. The fraction of sp³-hybridized carbons (Fsp3) is 0.588. The minimum absolute atomic E-state index is 0.0298. The van der Waals surface area contributed by atoms with Crippen molar-refractivity contribution in [2.75, 3.05) is 13.2 Å². The van der Waals surface area contributed by atoms with Gasteiger partial charge in [-0.05, 0) is 43.9 Å². The van der Waals surface area contributed by atoms with Crippen LogP contribution in [0.25, 0.3) is 0 Å². The van der Waals surface area contributed by atoms with Crippen molar-refractivity contribution in [1.29, 1.82) is 0 Å². The van der Waals surface area contributed by atoms with Crippen LogP contribution in [0.15, 0.2) is 24.3 Å². The summed E-state index contributed by atoms with van der Waals surface area (Å²) < 4.78 is 41.3. The number of likely N-dealkylation sites (tertiary alicyclic amines) is 1. The average molecular weight is 345 g/mol. The molecule has 134 valence electrons. The highest BCUT2D eigenvalue weighted by Crippen LogP contribution is 2.24. The Morgan fingerprint density at radius 2 is 2.21 bits per heavy atom. The van der Waals surface area contributed by atoms with Gasteiger partial charge in [0.15, 0.2) is 6.61 Å². The van der Waals surface area contributed by atoms with Gasteiger partial charge in [0.2, 0.25) is 5.91 Å². The standard InChI is InChI=1S/C17H22F3NO3/c1-12(22)8-14-5-3-7-21(14)16(23)10-13-4-2-6-15(9-13)24-11-17(18,19)20/h2,4,6,9,12,14,22H,3,5,7-8,10-11H2,1H3. The summed E-state index contributed by atoms with van der Waals surface area (Å²) in [6.07, 6.45) is -2.44. The number of hydrogen-bond donors (Lipinski definition) is 1. The zero-order chi connectivity index (χ0) is 17.7. The molecule has 1 aromatic rings. The summed E-state index contributed by atoms with van der Waals surface area (Å²) in [5.74, 6) is 0.0192. The van der Waals surface area contributed by atoms with Crippen LogP contribution >= 0.6 is 0 Å². The van der Waals surface area contributed by atoms with Crippen LogP contribution in [0, 0.1) is 0 Å². The van der Waals surface area contributed by atoms with Crippen molar-refractivity contribution in [3.8, 4) is 5.75 Å². The molecule has 1 N–H and O–H groups in total. The molecule has 0 saturated carbocycles. The van der Waals surface area contributed by atoms with Crippen molar-refractivity contribution in [1.82, 2.24) is 4.90 Å². The molecule has 2 unspecified atom stereocenters. The third kappa shape index (κ3) is 5.70. The maximum atomic E-state index is 12.5. The van der Waals surface area contributed by atoms with E-state index in [1.807, 2.05) is 0 Å². The van der Waals surface area contributed by atoms with E-state index in [4.69, 9.17) is 4.74 Å². The fourth-order valence-electron chi connectivity index (χ4n) is 2.99. The Kier molecular flexibility index (Phi) is 6.10. The second-order valence-corrected chi connectivity index (χ2v) is 6.20. The second kappa shape index (κ2) is 7.88. The van der Waals surface area contributed by atoms with Crippen LogP contribution in [-0.4, -0.2) is 47.4 Å². The van der Waals surface area contributed by atoms with E-state index >= 15 is 0 Å². The lowest BCUT2D eigenvalue weighted by molar-refractivity contribution is -0.153. The second-order valence-electron chi connectivity index (χ2n) is 6.20. The number of aliphatic hydroxyl groups excluding tert-OH is 1. The number of alkyl halides is 3. The summed E-state index contributed by atoms with van der Waals surface area (Å²) in [5.41, 5.74) is 0.613. The Morgan fingerprint density at radius 1 is 1.46 bits per heavy atom. The van der Waals surface area contributed by atoms with Crippen LogP contribution in [-0.2, 0) is 11.2 Å². The number of rotatable bonds is 6. The first-order valence-corrected chi connectivity index (χ1v) is 8.00. The maximum absolute atomic E-state index is 12.5. The summed E-state index contributed by atoms with van der Waals surface area (Å²) in [4.78, 5) is 14.2. The third-order valence-electron chi connectivity index (χ3n) is 3.97. The van der Waals surface area contributed by atoms with Crippen molar-refractivity contribution in [2.45, 2.75) is 50.9 Å². The van der Waals surface area contributed by atoms with Crippen molar-refractivity contribution >= 4 is 5.91 Å². The molecule has 2 atom stereocenters. The van der Waals surface area contributed by atoms with Crippen LogP contribution in [0.2, 0.25) is 0 Å². The van der Waals surface area contributed by atoms with Crippen molar-refractivity contribution < 1.29 is 27.8 Å². The Morgan fingerprint density at radius 3 is 2.88 bits per heavy atom. The molecule has 4 nitrogen and oxygen atoms in total. The summed E-state index contributed by atoms with van der Waals surface area (Å²) in [7, 11) is 0. The van der Waals surface area contributed by atoms with Gasteiger partial charge in [-0.15, -0.1) is 0 Å². The zero-order valence-corrected chi connectivity index (χ0v) is 13.6. The van der Waals surface area contributed by atoms with Crippen molar-refractivity contribution in [3.05, 3.63) is 29.8 Å². The maximum Gasteiger partial charge on any atom is 0.422 e. The molecule has 1 fully saturated rings. The Labute approximate surface area is 139 Å². The van der Waals surface area contributed by atoms with Gasteiger partial charge in [-0.25, -0.2) is 0 Å². The fourth-order valence-corrected chi connectivity index (χ4v) is 2.99. The van der Waals surface area contributed by atoms with Gasteiger partial charge in [0, 0.05) is 12.6 Å². The minimum Gasteiger partial charge on any atom is -0.484 e. The smallest absolute Gasteiger partial charge is 0.422 e. The van der Waals surface area contributed by atoms with Gasteiger partial charge in [0.25, 0.3) is 0 Å². The van der Waals surface area contributed by atoms with Crippen LogP contribution in [0.5, 0.6) is 5.75 Å². The van der Waals surface area contributed by atoms with Crippen LogP contribution in [0.1, 0.15) is 31.7 Å². The highest BCUT2D eigenvalue weighted by molar-refractivity contribution is 5.79. The summed E-state index contributed by atoms with van der Waals surface area (Å²) in [6, 6.07) is 6.20. The van der Waals surface area contributed by atoms with E-state index in [-0.39, 0.29) is 24.1 Å². The molecule has 0 radical (unpaired) electrons. The molecule has 2 rings (SSSR count). The van der Waals surface area contributed by atoms with E-state index in [0.29, 0.717) is 18.5 Å². The first-order valence-electron chi connectivity index (χ1n) is 8.00. The number of halogens is 3. The molecule has 0 spiro atoms. The third-order valence-corrected chi connectivity index (χ3v) is 3.97. The van der Waals surface area contributed by atoms with E-state index in [1.54, 1.807) is 24.0 Å². The largest absolute Gasteiger partial charge is 0.484 e. The lowest BCUT2D eigenvalue weighted by Crippen LogP contribution is -2.38. The van der Waals surface area contributed by atoms with Crippen LogP contribution in [0.4, 0.5) is 13.2 Å². The Hall–Kier alpha value is -1.76. The number of aliphatic hydroxyl groups is 1. The molecular weight excluding hydrogens is 323 g/mol. The highest BCUT2D eigenvalue weighted by Gasteiger charge is 2.30. The molecular formula is C17H22F3NO3. The Balaban J connectivity index is 1.96. The quantitative estimate of drug-likeness (QED) is 0.862. The number of carbonyl (C=O) groups excluding carboxylic acids is 1. The summed E-state index contributed by atoms with van der Waals surface area (Å²) >= 11 is 0. The monoisotopic (exact) mass is 345 g/mol. The van der Waals surface area contributed by atoms with Gasteiger partial charge in [0.1, 0.15) is 5.75 Å². The topological polar surface area (TPSA) is 49.8 Å². The number of nitrogens with zero attached hydrogens (tertiary/aromatic N) is 1. The number of carbonyl (C=O) groups is 1. The average Bonchev–Trinajstić information content (AvgIpc) is 2.92. The molecule has 0 aliphatic carbocycles. The number of benzene rings is 1. The van der Waals surface area contributed by atoms with Gasteiger partial charge in [-0.2, -0.15) is 13.2 Å². The van der Waals surface area contributed by atoms with Gasteiger partial charge < -0.3 is 14.7 Å². The first kappa shape index (κ1) is 18.6. The van der Waals surface area contributed by atoms with Gasteiger partial charge in [-0.1, -0.05) is 12.1 Å². The van der Waals surface area contributed by atoms with E-state index in [1.165, 1.54) is 12.1 Å². The van der Waals surface area contributed by atoms with E-state index < -0.39 is 18.9 Å². The summed E-state index contributed by atoms with van der Waals surface area (Å²) in [5, 5.41) is 9.52. The van der Waals surface area contributed by atoms with E-state index in [2.05, 4.69) is 0 Å². The molecule has 1 saturated heterocycles. The highest BCUT2D eigenvalue weighted by atomic mass is 19.4. The van der Waals surface area contributed by atoms with E-state index in [0.717, 1.165) is 12.8 Å². The zero-order valence-electron chi connectivity index (χ0n) is 13.6.